The van der Waals surface area contributed by atoms with Gasteiger partial charge in [0.1, 0.15) is 13.2 Å². The van der Waals surface area contributed by atoms with Gasteiger partial charge in [0.15, 0.2) is 0 Å². The Kier molecular flexibility index (Phi) is 7.61. The number of likely N-dealkylation sites (tertiary alicyclic amines) is 1. The first-order valence-electron chi connectivity index (χ1n) is 10.5. The molecule has 1 heterocycles. The number of rotatable bonds is 7. The Hall–Kier alpha value is -3.23. The largest absolute Gasteiger partial charge is 0.399 e. The predicted octanol–water partition coefficient (Wildman–Crippen LogP) is 1.66. The van der Waals surface area contributed by atoms with Gasteiger partial charge in [-0.1, -0.05) is 41.6 Å². The minimum absolute atomic E-state index is 0.159. The Bertz CT molecular complexity index is 1020. The fourth-order valence-corrected chi connectivity index (χ4v) is 3.92. The van der Waals surface area contributed by atoms with Gasteiger partial charge in [0.2, 0.25) is 5.91 Å². The van der Waals surface area contributed by atoms with Gasteiger partial charge in [-0.15, -0.1) is 0 Å². The molecule has 0 saturated carbocycles. The first-order valence-corrected chi connectivity index (χ1v) is 10.5. The van der Waals surface area contributed by atoms with Crippen molar-refractivity contribution < 1.29 is 24.6 Å². The van der Waals surface area contributed by atoms with Crippen LogP contribution in [0.25, 0.3) is 11.1 Å². The number of carbonyl (C=O) groups excluding carboxylic acids is 2. The van der Waals surface area contributed by atoms with Crippen molar-refractivity contribution in [2.24, 2.45) is 5.16 Å². The molecule has 2 amide bonds. The van der Waals surface area contributed by atoms with Gasteiger partial charge in [-0.2, -0.15) is 0 Å². The minimum atomic E-state index is -0.813. The molecule has 0 spiro atoms. The zero-order chi connectivity index (χ0) is 23.3. The lowest BCUT2D eigenvalue weighted by atomic mass is 9.96. The van der Waals surface area contributed by atoms with Crippen molar-refractivity contribution in [1.29, 1.82) is 0 Å². The van der Waals surface area contributed by atoms with E-state index in [1.165, 1.54) is 12.0 Å². The van der Waals surface area contributed by atoms with Crippen LogP contribution in [0.2, 0.25) is 0 Å². The van der Waals surface area contributed by atoms with Crippen LogP contribution >= 0.6 is 0 Å². The number of aryl methyl sites for hydroxylation is 2. The van der Waals surface area contributed by atoms with Gasteiger partial charge < -0.3 is 25.3 Å². The topological polar surface area (TPSA) is 111 Å². The third-order valence-corrected chi connectivity index (χ3v) is 5.64. The average Bonchev–Trinajstić information content (AvgIpc) is 3.21. The third-order valence-electron chi connectivity index (χ3n) is 5.64. The number of hydrogen-bond acceptors (Lipinski definition) is 6. The van der Waals surface area contributed by atoms with Crippen molar-refractivity contribution in [2.75, 3.05) is 26.9 Å². The molecule has 1 saturated heterocycles. The third kappa shape index (κ3) is 4.98. The highest BCUT2D eigenvalue weighted by Crippen LogP contribution is 2.27. The maximum Gasteiger partial charge on any atom is 0.255 e. The average molecular weight is 440 g/mol. The second kappa shape index (κ2) is 10.4. The molecule has 0 radical (unpaired) electrons. The molecular weight excluding hydrogens is 410 g/mol. The van der Waals surface area contributed by atoms with E-state index in [1.54, 1.807) is 6.07 Å². The molecule has 0 unspecified atom stereocenters. The second-order valence-corrected chi connectivity index (χ2v) is 7.91. The van der Waals surface area contributed by atoms with E-state index >= 15 is 0 Å². The number of aliphatic hydroxyl groups is 2. The summed E-state index contributed by atoms with van der Waals surface area (Å²) in [7, 11) is 1.41. The Labute approximate surface area is 187 Å². The Balaban J connectivity index is 1.88. The molecule has 1 fully saturated rings. The van der Waals surface area contributed by atoms with Crippen LogP contribution in [0.4, 0.5) is 0 Å². The number of aliphatic hydroxyl groups excluding tert-OH is 2. The summed E-state index contributed by atoms with van der Waals surface area (Å²) in [6.07, 6.45) is 0.218. The summed E-state index contributed by atoms with van der Waals surface area (Å²) in [4.78, 5) is 32.5. The van der Waals surface area contributed by atoms with Crippen molar-refractivity contribution in [1.82, 2.24) is 10.2 Å². The van der Waals surface area contributed by atoms with Crippen LogP contribution in [0.1, 0.15) is 27.9 Å². The van der Waals surface area contributed by atoms with Crippen LogP contribution in [-0.2, 0) is 9.63 Å². The molecule has 3 rings (SSSR count). The summed E-state index contributed by atoms with van der Waals surface area (Å²) >= 11 is 0. The molecule has 2 aromatic carbocycles. The second-order valence-electron chi connectivity index (χ2n) is 7.91. The summed E-state index contributed by atoms with van der Waals surface area (Å²) in [5.41, 5.74) is 5.13. The first-order chi connectivity index (χ1) is 15.4. The molecule has 32 heavy (non-hydrogen) atoms. The summed E-state index contributed by atoms with van der Waals surface area (Å²) in [5, 5.41) is 25.1. The van der Waals surface area contributed by atoms with E-state index < -0.39 is 31.2 Å². The summed E-state index contributed by atoms with van der Waals surface area (Å²) in [5.74, 6) is -0.744. The van der Waals surface area contributed by atoms with E-state index in [1.807, 2.05) is 50.2 Å². The van der Waals surface area contributed by atoms with E-state index in [2.05, 4.69) is 10.5 Å². The highest BCUT2D eigenvalue weighted by Gasteiger charge is 2.39. The van der Waals surface area contributed by atoms with Crippen LogP contribution < -0.4 is 5.32 Å². The number of nitrogens with one attached hydrogen (secondary N) is 1. The minimum Gasteiger partial charge on any atom is -0.399 e. The van der Waals surface area contributed by atoms with Gasteiger partial charge in [-0.05, 0) is 42.2 Å². The summed E-state index contributed by atoms with van der Waals surface area (Å²) < 4.78 is 0. The number of benzene rings is 2. The number of amides is 2. The number of carbonyl (C=O) groups is 2. The predicted molar refractivity (Wildman–Crippen MR) is 121 cm³/mol. The van der Waals surface area contributed by atoms with E-state index in [4.69, 9.17) is 4.84 Å². The number of hydrogen-bond donors (Lipinski definition) is 3. The maximum absolute atomic E-state index is 13.4. The fourth-order valence-electron chi connectivity index (χ4n) is 3.92. The van der Waals surface area contributed by atoms with Crippen molar-refractivity contribution in [3.05, 3.63) is 59.2 Å². The maximum atomic E-state index is 13.4. The monoisotopic (exact) mass is 439 g/mol. The van der Waals surface area contributed by atoms with E-state index in [0.29, 0.717) is 11.3 Å². The van der Waals surface area contributed by atoms with Crippen LogP contribution in [0.3, 0.4) is 0 Å². The Morgan fingerprint density at radius 1 is 1.16 bits per heavy atom. The van der Waals surface area contributed by atoms with Crippen molar-refractivity contribution in [3.63, 3.8) is 0 Å². The van der Waals surface area contributed by atoms with Crippen LogP contribution in [0.5, 0.6) is 0 Å². The molecule has 0 bridgehead atoms. The molecule has 8 nitrogen and oxygen atoms in total. The molecule has 1 aliphatic heterocycles. The zero-order valence-electron chi connectivity index (χ0n) is 18.5. The summed E-state index contributed by atoms with van der Waals surface area (Å²) in [6, 6.07) is 12.1. The van der Waals surface area contributed by atoms with E-state index in [9.17, 15) is 19.8 Å². The van der Waals surface area contributed by atoms with Crippen molar-refractivity contribution in [3.8, 4) is 11.1 Å². The Morgan fingerprint density at radius 2 is 1.88 bits per heavy atom. The van der Waals surface area contributed by atoms with Gasteiger partial charge in [0, 0.05) is 12.0 Å². The molecular formula is C24H29N3O5. The number of oxime groups is 1. The van der Waals surface area contributed by atoms with Gasteiger partial charge in [-0.25, -0.2) is 0 Å². The standard InChI is InChI=1S/C24H29N3O5/c1-15-6-4-5-7-20(15)17-8-9-21(16(2)10-17)24(31)27-12-18(26-32-3)11-22(27)23(30)25-19(13-28)14-29/h4-10,19,22,28-29H,11-14H2,1-3H3,(H,25,30)/b26-18+/t22-/m0/s1. The fraction of sp³-hybridized carbons (Fsp3) is 0.375. The normalized spacial score (nSPS) is 17.1. The first kappa shape index (κ1) is 23.4. The molecule has 2 aromatic rings. The van der Waals surface area contributed by atoms with Gasteiger partial charge in [0.25, 0.3) is 5.91 Å². The zero-order valence-corrected chi connectivity index (χ0v) is 18.5. The van der Waals surface area contributed by atoms with Gasteiger partial charge >= 0.3 is 0 Å². The smallest absolute Gasteiger partial charge is 0.255 e. The SMILES string of the molecule is CO/N=C1\C[C@@H](C(=O)NC(CO)CO)N(C(=O)c2ccc(-c3ccccc3C)cc2C)C1. The van der Waals surface area contributed by atoms with Gasteiger partial charge in [0.05, 0.1) is 31.5 Å². The summed E-state index contributed by atoms with van der Waals surface area (Å²) in [6.45, 7) is 3.27. The molecule has 170 valence electrons. The lowest BCUT2D eigenvalue weighted by molar-refractivity contribution is -0.126. The van der Waals surface area contributed by atoms with Crippen LogP contribution in [-0.4, -0.2) is 71.6 Å². The van der Waals surface area contributed by atoms with Crippen LogP contribution in [0, 0.1) is 13.8 Å². The van der Waals surface area contributed by atoms with Crippen LogP contribution in [0.15, 0.2) is 47.6 Å². The number of nitrogens with zero attached hydrogens (tertiary/aromatic N) is 2. The van der Waals surface area contributed by atoms with Gasteiger partial charge in [-0.3, -0.25) is 9.59 Å². The molecule has 8 heteroatoms. The highest BCUT2D eigenvalue weighted by molar-refractivity contribution is 6.06. The Morgan fingerprint density at radius 3 is 2.50 bits per heavy atom. The molecule has 1 aliphatic rings. The van der Waals surface area contributed by atoms with E-state index in [-0.39, 0.29) is 18.9 Å². The van der Waals surface area contributed by atoms with Crippen molar-refractivity contribution >= 4 is 17.5 Å². The molecule has 0 aromatic heterocycles. The molecule has 1 atom stereocenters. The molecule has 0 aliphatic carbocycles. The van der Waals surface area contributed by atoms with E-state index in [0.717, 1.165) is 22.3 Å². The van der Waals surface area contributed by atoms with Crippen molar-refractivity contribution in [2.45, 2.75) is 32.4 Å². The lowest BCUT2D eigenvalue weighted by Crippen LogP contribution is -2.50. The highest BCUT2D eigenvalue weighted by atomic mass is 16.6. The quantitative estimate of drug-likeness (QED) is 0.568. The molecule has 3 N–H and O–H groups in total. The lowest BCUT2D eigenvalue weighted by Gasteiger charge is -2.25.